The van der Waals surface area contributed by atoms with Gasteiger partial charge in [0, 0.05) is 12.0 Å². The molecule has 0 aliphatic heterocycles. The lowest BCUT2D eigenvalue weighted by Crippen LogP contribution is -2.31. The fraction of sp³-hybridized carbons (Fsp3) is 0.600. The van der Waals surface area contributed by atoms with Gasteiger partial charge in [0.05, 0.1) is 3.79 Å². The molecule has 0 bridgehead atoms. The molecule has 1 heterocycles. The summed E-state index contributed by atoms with van der Waals surface area (Å²) in [5.74, 6) is 0. The minimum atomic E-state index is 0.308. The molecule has 0 unspecified atom stereocenters. The SMILES string of the molecule is NCC1(c2csc(Br)c2)CCCC1. The first-order valence-electron chi connectivity index (χ1n) is 4.71. The van der Waals surface area contributed by atoms with Crippen LogP contribution < -0.4 is 5.73 Å². The fourth-order valence-electron chi connectivity index (χ4n) is 2.25. The van der Waals surface area contributed by atoms with Gasteiger partial charge in [-0.1, -0.05) is 12.8 Å². The minimum absolute atomic E-state index is 0.308. The molecule has 1 aromatic heterocycles. The van der Waals surface area contributed by atoms with Crippen molar-refractivity contribution in [3.05, 3.63) is 20.8 Å². The highest BCUT2D eigenvalue weighted by molar-refractivity contribution is 9.11. The van der Waals surface area contributed by atoms with Crippen molar-refractivity contribution in [1.82, 2.24) is 0 Å². The number of hydrogen-bond donors (Lipinski definition) is 1. The minimum Gasteiger partial charge on any atom is -0.330 e. The second-order valence-electron chi connectivity index (χ2n) is 3.83. The molecule has 1 fully saturated rings. The van der Waals surface area contributed by atoms with Crippen molar-refractivity contribution in [2.45, 2.75) is 31.1 Å². The highest BCUT2D eigenvalue weighted by Crippen LogP contribution is 2.42. The fourth-order valence-corrected chi connectivity index (χ4v) is 3.53. The molecule has 1 aliphatic rings. The van der Waals surface area contributed by atoms with E-state index in [1.165, 1.54) is 35.0 Å². The van der Waals surface area contributed by atoms with Crippen molar-refractivity contribution in [2.24, 2.45) is 5.73 Å². The van der Waals surface area contributed by atoms with Crippen molar-refractivity contribution in [3.8, 4) is 0 Å². The summed E-state index contributed by atoms with van der Waals surface area (Å²) in [5.41, 5.74) is 7.66. The molecule has 0 amide bonds. The van der Waals surface area contributed by atoms with E-state index >= 15 is 0 Å². The van der Waals surface area contributed by atoms with Gasteiger partial charge < -0.3 is 5.73 Å². The quantitative estimate of drug-likeness (QED) is 0.867. The van der Waals surface area contributed by atoms with Crippen LogP contribution in [0.5, 0.6) is 0 Å². The van der Waals surface area contributed by atoms with E-state index in [9.17, 15) is 0 Å². The van der Waals surface area contributed by atoms with E-state index in [4.69, 9.17) is 5.73 Å². The number of thiophene rings is 1. The Hall–Kier alpha value is 0.140. The smallest absolute Gasteiger partial charge is 0.0701 e. The van der Waals surface area contributed by atoms with Crippen LogP contribution in [0.4, 0.5) is 0 Å². The van der Waals surface area contributed by atoms with E-state index in [1.54, 1.807) is 11.3 Å². The van der Waals surface area contributed by atoms with Crippen LogP contribution in [0.1, 0.15) is 31.2 Å². The Kier molecular flexibility index (Phi) is 2.77. The zero-order valence-electron chi connectivity index (χ0n) is 7.55. The normalized spacial score (nSPS) is 20.8. The van der Waals surface area contributed by atoms with Crippen molar-refractivity contribution in [2.75, 3.05) is 6.54 Å². The molecule has 0 spiro atoms. The molecule has 0 atom stereocenters. The van der Waals surface area contributed by atoms with Gasteiger partial charge in [-0.15, -0.1) is 11.3 Å². The molecular formula is C10H14BrNS. The average Bonchev–Trinajstić information content (AvgIpc) is 2.73. The Morgan fingerprint density at radius 2 is 2.15 bits per heavy atom. The van der Waals surface area contributed by atoms with Gasteiger partial charge in [-0.05, 0) is 45.8 Å². The van der Waals surface area contributed by atoms with Crippen LogP contribution in [0.3, 0.4) is 0 Å². The standard InChI is InChI=1S/C10H14BrNS/c11-9-5-8(6-13-9)10(7-12)3-1-2-4-10/h5-6H,1-4,7,12H2. The molecule has 0 saturated heterocycles. The second kappa shape index (κ2) is 3.71. The highest BCUT2D eigenvalue weighted by atomic mass is 79.9. The van der Waals surface area contributed by atoms with Crippen LogP contribution in [0.25, 0.3) is 0 Å². The molecule has 1 aliphatic carbocycles. The summed E-state index contributed by atoms with van der Waals surface area (Å²) in [5, 5.41) is 2.25. The summed E-state index contributed by atoms with van der Waals surface area (Å²) in [4.78, 5) is 0. The number of nitrogens with two attached hydrogens (primary N) is 1. The van der Waals surface area contributed by atoms with Gasteiger partial charge in [0.1, 0.15) is 0 Å². The molecule has 0 aromatic carbocycles. The maximum absolute atomic E-state index is 5.90. The molecule has 2 N–H and O–H groups in total. The lowest BCUT2D eigenvalue weighted by atomic mass is 9.81. The summed E-state index contributed by atoms with van der Waals surface area (Å²) < 4.78 is 1.22. The van der Waals surface area contributed by atoms with Crippen LogP contribution in [-0.2, 0) is 5.41 Å². The lowest BCUT2D eigenvalue weighted by Gasteiger charge is -2.26. The molecule has 72 valence electrons. The van der Waals surface area contributed by atoms with Crippen LogP contribution >= 0.6 is 27.3 Å². The van der Waals surface area contributed by atoms with E-state index in [-0.39, 0.29) is 0 Å². The molecule has 1 aromatic rings. The monoisotopic (exact) mass is 259 g/mol. The third-order valence-corrected chi connectivity index (χ3v) is 4.64. The zero-order chi connectivity index (χ0) is 9.31. The Labute approximate surface area is 91.5 Å². The van der Waals surface area contributed by atoms with Crippen molar-refractivity contribution < 1.29 is 0 Å². The number of halogens is 1. The topological polar surface area (TPSA) is 26.0 Å². The van der Waals surface area contributed by atoms with Gasteiger partial charge in [-0.2, -0.15) is 0 Å². The first-order valence-corrected chi connectivity index (χ1v) is 6.39. The zero-order valence-corrected chi connectivity index (χ0v) is 9.96. The second-order valence-corrected chi connectivity index (χ2v) is 6.12. The third-order valence-electron chi connectivity index (χ3n) is 3.13. The first kappa shape index (κ1) is 9.69. The van der Waals surface area contributed by atoms with Crippen LogP contribution in [-0.4, -0.2) is 6.54 Å². The summed E-state index contributed by atoms with van der Waals surface area (Å²) in [6.07, 6.45) is 5.22. The molecular weight excluding hydrogens is 246 g/mol. The third kappa shape index (κ3) is 1.69. The van der Waals surface area contributed by atoms with Crippen LogP contribution in [0.15, 0.2) is 15.2 Å². The Balaban J connectivity index is 2.30. The molecule has 2 rings (SSSR count). The van der Waals surface area contributed by atoms with Gasteiger partial charge in [-0.25, -0.2) is 0 Å². The van der Waals surface area contributed by atoms with E-state index in [1.807, 2.05) is 0 Å². The Morgan fingerprint density at radius 1 is 1.46 bits per heavy atom. The predicted octanol–water partition coefficient (Wildman–Crippen LogP) is 3.28. The Bertz CT molecular complexity index is 289. The van der Waals surface area contributed by atoms with Gasteiger partial charge in [0.2, 0.25) is 0 Å². The van der Waals surface area contributed by atoms with Crippen molar-refractivity contribution in [3.63, 3.8) is 0 Å². The van der Waals surface area contributed by atoms with Crippen molar-refractivity contribution >= 4 is 27.3 Å². The summed E-state index contributed by atoms with van der Waals surface area (Å²) in [7, 11) is 0. The molecule has 13 heavy (non-hydrogen) atoms. The largest absolute Gasteiger partial charge is 0.330 e. The summed E-state index contributed by atoms with van der Waals surface area (Å²) in [6, 6.07) is 2.24. The maximum Gasteiger partial charge on any atom is 0.0701 e. The predicted molar refractivity (Wildman–Crippen MR) is 61.2 cm³/mol. The Morgan fingerprint density at radius 3 is 2.62 bits per heavy atom. The molecule has 1 nitrogen and oxygen atoms in total. The number of rotatable bonds is 2. The molecule has 3 heteroatoms. The summed E-state index contributed by atoms with van der Waals surface area (Å²) in [6.45, 7) is 0.802. The highest BCUT2D eigenvalue weighted by Gasteiger charge is 2.34. The van der Waals surface area contributed by atoms with Crippen LogP contribution in [0.2, 0.25) is 0 Å². The lowest BCUT2D eigenvalue weighted by molar-refractivity contribution is 0.454. The van der Waals surface area contributed by atoms with Crippen molar-refractivity contribution in [1.29, 1.82) is 0 Å². The van der Waals surface area contributed by atoms with E-state index < -0.39 is 0 Å². The number of hydrogen-bond acceptors (Lipinski definition) is 2. The van der Waals surface area contributed by atoms with Gasteiger partial charge >= 0.3 is 0 Å². The van der Waals surface area contributed by atoms with Crippen LogP contribution in [0, 0.1) is 0 Å². The average molecular weight is 260 g/mol. The first-order chi connectivity index (χ1) is 6.27. The summed E-state index contributed by atoms with van der Waals surface area (Å²) >= 11 is 5.28. The van der Waals surface area contributed by atoms with Gasteiger partial charge in [0.15, 0.2) is 0 Å². The molecule has 0 radical (unpaired) electrons. The van der Waals surface area contributed by atoms with E-state index in [0.717, 1.165) is 6.54 Å². The van der Waals surface area contributed by atoms with Gasteiger partial charge in [-0.3, -0.25) is 0 Å². The maximum atomic E-state index is 5.90. The van der Waals surface area contributed by atoms with E-state index in [0.29, 0.717) is 5.41 Å². The van der Waals surface area contributed by atoms with Gasteiger partial charge in [0.25, 0.3) is 0 Å². The van der Waals surface area contributed by atoms with E-state index in [2.05, 4.69) is 27.4 Å². The molecule has 1 saturated carbocycles.